The third kappa shape index (κ3) is 8.08. The van der Waals surface area contributed by atoms with Crippen LogP contribution in [0.4, 0.5) is 0 Å². The van der Waals surface area contributed by atoms with Crippen LogP contribution in [0.2, 0.25) is 0 Å². The molecule has 3 aliphatic heterocycles. The molecule has 3 aromatic carbocycles. The summed E-state index contributed by atoms with van der Waals surface area (Å²) >= 11 is 0. The molecule has 334 valence electrons. The topological polar surface area (TPSA) is 84.8 Å². The van der Waals surface area contributed by atoms with E-state index >= 15 is 0 Å². The van der Waals surface area contributed by atoms with Gasteiger partial charge in [-0.3, -0.25) is 0 Å². The van der Waals surface area contributed by atoms with Gasteiger partial charge >= 0.3 is 0 Å². The van der Waals surface area contributed by atoms with Gasteiger partial charge in [0.05, 0.1) is 45.2 Å². The number of fused-ring (bicyclic) bond motifs is 7. The maximum atomic E-state index is 12.2. The third-order valence-corrected chi connectivity index (χ3v) is 17.2. The van der Waals surface area contributed by atoms with Crippen LogP contribution in [0.15, 0.2) is 103 Å². The van der Waals surface area contributed by atoms with Crippen molar-refractivity contribution in [3.8, 4) is 0 Å². The fourth-order valence-corrected chi connectivity index (χ4v) is 13.9. The molecular formula is C54H70O8. The van der Waals surface area contributed by atoms with Crippen molar-refractivity contribution >= 4 is 0 Å². The van der Waals surface area contributed by atoms with Gasteiger partial charge in [0.15, 0.2) is 12.1 Å². The summed E-state index contributed by atoms with van der Waals surface area (Å²) < 4.78 is 47.0. The summed E-state index contributed by atoms with van der Waals surface area (Å²) in [4.78, 5) is 0. The molecular weight excluding hydrogens is 777 g/mol. The zero-order chi connectivity index (χ0) is 42.5. The summed E-state index contributed by atoms with van der Waals surface area (Å²) in [5.41, 5.74) is 5.13. The first-order chi connectivity index (χ1) is 30.1. The van der Waals surface area contributed by atoms with Crippen LogP contribution < -0.4 is 0 Å². The minimum Gasteiger partial charge on any atom is -0.385 e. The summed E-state index contributed by atoms with van der Waals surface area (Å²) in [6.07, 6.45) is 9.02. The van der Waals surface area contributed by atoms with Crippen LogP contribution in [-0.2, 0) is 53.0 Å². The van der Waals surface area contributed by atoms with Crippen molar-refractivity contribution in [1.29, 1.82) is 0 Å². The lowest BCUT2D eigenvalue weighted by Gasteiger charge is -2.58. The summed E-state index contributed by atoms with van der Waals surface area (Å²) in [6.45, 7) is 12.2. The van der Waals surface area contributed by atoms with E-state index < -0.39 is 30.7 Å². The molecule has 3 aromatic rings. The Bertz CT molecular complexity index is 1970. The first-order valence-corrected chi connectivity index (χ1v) is 24.1. The van der Waals surface area contributed by atoms with E-state index in [0.29, 0.717) is 66.8 Å². The van der Waals surface area contributed by atoms with E-state index in [1.165, 1.54) is 25.7 Å². The lowest BCUT2D eigenvalue weighted by Crippen LogP contribution is -2.61. The Labute approximate surface area is 370 Å². The van der Waals surface area contributed by atoms with Gasteiger partial charge in [-0.25, -0.2) is 0 Å². The van der Waals surface area contributed by atoms with E-state index in [1.807, 2.05) is 78.9 Å². The Morgan fingerprint density at radius 2 is 1.40 bits per heavy atom. The van der Waals surface area contributed by atoms with Gasteiger partial charge in [0.25, 0.3) is 0 Å². The average molecular weight is 847 g/mol. The van der Waals surface area contributed by atoms with E-state index in [0.717, 1.165) is 55.4 Å². The molecule has 7 aliphatic rings. The Morgan fingerprint density at radius 3 is 2.06 bits per heavy atom. The number of aliphatic hydroxyl groups is 1. The number of benzene rings is 3. The van der Waals surface area contributed by atoms with E-state index in [1.54, 1.807) is 5.57 Å². The molecule has 3 saturated carbocycles. The summed E-state index contributed by atoms with van der Waals surface area (Å²) in [7, 11) is 0. The Hall–Kier alpha value is -2.92. The Morgan fingerprint density at radius 1 is 0.742 bits per heavy atom. The molecule has 0 aromatic heterocycles. The molecule has 8 heteroatoms. The molecule has 0 amide bonds. The normalized spacial score (nSPS) is 42.4. The van der Waals surface area contributed by atoms with E-state index in [2.05, 4.69) is 45.9 Å². The number of ether oxygens (including phenoxy) is 7. The summed E-state index contributed by atoms with van der Waals surface area (Å²) in [5, 5.41) is 12.2. The van der Waals surface area contributed by atoms with Gasteiger partial charge in [-0.05, 0) is 108 Å². The Kier molecular flexibility index (Phi) is 12.4. The lowest BCUT2D eigenvalue weighted by molar-refractivity contribution is -0.328. The summed E-state index contributed by atoms with van der Waals surface area (Å²) in [5.74, 6) is 3.28. The maximum absolute atomic E-state index is 12.2. The molecule has 0 radical (unpaired) electrons. The highest BCUT2D eigenvalue weighted by Gasteiger charge is 2.68. The number of allylic oxidation sites excluding steroid dienone is 1. The minimum atomic E-state index is -1.06. The van der Waals surface area contributed by atoms with Crippen LogP contribution in [0.1, 0.15) is 102 Å². The van der Waals surface area contributed by atoms with E-state index in [9.17, 15) is 5.11 Å². The average Bonchev–Trinajstić information content (AvgIpc) is 3.74. The molecule has 8 nitrogen and oxygen atoms in total. The minimum absolute atomic E-state index is 0.0729. The third-order valence-electron chi connectivity index (χ3n) is 17.2. The highest BCUT2D eigenvalue weighted by atomic mass is 16.7. The zero-order valence-corrected chi connectivity index (χ0v) is 37.4. The number of hydrogen-bond donors (Lipinski definition) is 1. The highest BCUT2D eigenvalue weighted by molar-refractivity contribution is 5.27. The molecule has 1 N–H and O–H groups in total. The smallest absolute Gasteiger partial charge is 0.186 e. The lowest BCUT2D eigenvalue weighted by atomic mass is 9.47. The fourth-order valence-electron chi connectivity index (χ4n) is 13.9. The van der Waals surface area contributed by atoms with Crippen LogP contribution in [0.5, 0.6) is 0 Å². The maximum Gasteiger partial charge on any atom is 0.186 e. The molecule has 0 unspecified atom stereocenters. The largest absolute Gasteiger partial charge is 0.385 e. The highest BCUT2D eigenvalue weighted by Crippen LogP contribution is 2.70. The quantitative estimate of drug-likeness (QED) is 0.181. The van der Waals surface area contributed by atoms with Crippen LogP contribution in [0, 0.1) is 46.3 Å². The van der Waals surface area contributed by atoms with Crippen molar-refractivity contribution in [3.05, 3.63) is 119 Å². The standard InChI is InChI=1S/C54H70O8/c1-35-22-27-54(59-30-35)36(2)47-45(62-54)29-44-42-21-20-40-28-41(23-25-52(40,3)43(42)24-26-53(44,47)4)60-51-48(55)50(58-33-39-18-12-7-13-19-39)49(57-32-38-16-10-6-11-17-38)46(61-51)34-56-31-37-14-8-5-9-15-37/h5-20,35-36,41-51,55H,21-34H2,1-4H3/t35-,36+,41+,42-,43+,44+,45+,46-,47+,48-,49-,50-,51-,52+,53+,54-/m1/s1. The predicted molar refractivity (Wildman–Crippen MR) is 237 cm³/mol. The molecule has 3 saturated heterocycles. The zero-order valence-electron chi connectivity index (χ0n) is 37.4. The molecule has 0 bridgehead atoms. The van der Waals surface area contributed by atoms with Crippen molar-refractivity contribution < 1.29 is 38.3 Å². The van der Waals surface area contributed by atoms with Crippen LogP contribution in [0.3, 0.4) is 0 Å². The van der Waals surface area contributed by atoms with Gasteiger partial charge < -0.3 is 38.3 Å². The Balaban J connectivity index is 0.847. The molecule has 6 fully saturated rings. The van der Waals surface area contributed by atoms with Crippen molar-refractivity contribution in [3.63, 3.8) is 0 Å². The van der Waals surface area contributed by atoms with Gasteiger partial charge in [0.1, 0.15) is 24.4 Å². The van der Waals surface area contributed by atoms with E-state index in [4.69, 9.17) is 33.2 Å². The van der Waals surface area contributed by atoms with Crippen molar-refractivity contribution in [1.82, 2.24) is 0 Å². The fraction of sp³-hybridized carbons (Fsp3) is 0.630. The van der Waals surface area contributed by atoms with Crippen molar-refractivity contribution in [2.75, 3.05) is 13.2 Å². The molecule has 3 heterocycles. The van der Waals surface area contributed by atoms with Gasteiger partial charge in [-0.15, -0.1) is 0 Å². The van der Waals surface area contributed by atoms with Crippen LogP contribution in [-0.4, -0.2) is 67.0 Å². The number of hydrogen-bond acceptors (Lipinski definition) is 8. The molecule has 4 aliphatic carbocycles. The number of rotatable bonds is 12. The van der Waals surface area contributed by atoms with Crippen molar-refractivity contribution in [2.45, 2.75) is 154 Å². The monoisotopic (exact) mass is 847 g/mol. The second-order valence-corrected chi connectivity index (χ2v) is 20.8. The van der Waals surface area contributed by atoms with Crippen LogP contribution in [0.25, 0.3) is 0 Å². The second kappa shape index (κ2) is 17.8. The van der Waals surface area contributed by atoms with Gasteiger partial charge in [0.2, 0.25) is 0 Å². The second-order valence-electron chi connectivity index (χ2n) is 20.8. The predicted octanol–water partition coefficient (Wildman–Crippen LogP) is 10.2. The molecule has 16 atom stereocenters. The molecule has 1 spiro atoms. The van der Waals surface area contributed by atoms with Crippen LogP contribution >= 0.6 is 0 Å². The summed E-state index contributed by atoms with van der Waals surface area (Å²) in [6, 6.07) is 30.4. The molecule has 62 heavy (non-hydrogen) atoms. The van der Waals surface area contributed by atoms with Gasteiger partial charge in [-0.2, -0.15) is 0 Å². The molecule has 10 rings (SSSR count). The number of aliphatic hydroxyl groups excluding tert-OH is 1. The van der Waals surface area contributed by atoms with E-state index in [-0.39, 0.29) is 23.9 Å². The van der Waals surface area contributed by atoms with Crippen molar-refractivity contribution in [2.24, 2.45) is 46.3 Å². The van der Waals surface area contributed by atoms with Gasteiger partial charge in [-0.1, -0.05) is 130 Å². The first kappa shape index (κ1) is 43.0. The first-order valence-electron chi connectivity index (χ1n) is 24.1. The van der Waals surface area contributed by atoms with Gasteiger partial charge in [0, 0.05) is 12.3 Å². The SMILES string of the molecule is C[C@@H]1CC[C@@]2(OC1)O[C@H]1C[C@H]3[C@@H]4CC=C5C[C@@H](O[C@@H]6O[C@H](COCc7ccccc7)[C@@H](OCc7ccccc7)[C@H](OCc7ccccc7)[C@H]6O)CC[C@]5(C)[C@H]4CC[C@]3(C)[C@H]1[C@@H]2C.